The molecule has 0 radical (unpaired) electrons. The van der Waals surface area contributed by atoms with Crippen LogP contribution in [-0.2, 0) is 16.2 Å². The molecule has 0 N–H and O–H groups in total. The first-order valence-electron chi connectivity index (χ1n) is 8.37. The van der Waals surface area contributed by atoms with Gasteiger partial charge in [0.1, 0.15) is 16.4 Å². The maximum absolute atomic E-state index is 13.9. The molecule has 0 aliphatic carbocycles. The molecule has 3 rings (SSSR count). The van der Waals surface area contributed by atoms with Crippen LogP contribution in [0.4, 0.5) is 28.9 Å². The monoisotopic (exact) mass is 433 g/mol. The Morgan fingerprint density at radius 3 is 2.17 bits per heavy atom. The molecule has 2 aromatic carbocycles. The summed E-state index contributed by atoms with van der Waals surface area (Å²) in [4.78, 5) is 11.3. The summed E-state index contributed by atoms with van der Waals surface area (Å²) in [5.74, 6) is -0.895. The van der Waals surface area contributed by atoms with Gasteiger partial charge in [-0.15, -0.1) is 0 Å². The zero-order valence-corrected chi connectivity index (χ0v) is 15.6. The Hall–Kier alpha value is -2.73. The Morgan fingerprint density at radius 2 is 1.62 bits per heavy atom. The number of sulfonamides is 1. The number of rotatable bonds is 4. The summed E-state index contributed by atoms with van der Waals surface area (Å²) in [6.07, 6.45) is -4.73. The van der Waals surface area contributed by atoms with E-state index in [1.165, 1.54) is 17.0 Å². The highest BCUT2D eigenvalue weighted by atomic mass is 32.2. The van der Waals surface area contributed by atoms with Gasteiger partial charge in [0.2, 0.25) is 10.0 Å². The van der Waals surface area contributed by atoms with Gasteiger partial charge in [-0.1, -0.05) is 12.1 Å². The Bertz CT molecular complexity index is 1040. The van der Waals surface area contributed by atoms with E-state index in [0.29, 0.717) is 6.07 Å². The van der Waals surface area contributed by atoms with Crippen molar-refractivity contribution in [3.8, 4) is 0 Å². The first-order chi connectivity index (χ1) is 13.5. The predicted octanol–water partition coefficient (Wildman–Crippen LogP) is 3.26. The summed E-state index contributed by atoms with van der Waals surface area (Å²) in [5.41, 5.74) is -1.90. The normalized spacial score (nSPS) is 16.1. The summed E-state index contributed by atoms with van der Waals surface area (Å²) >= 11 is 0. The molecule has 1 heterocycles. The van der Waals surface area contributed by atoms with Crippen LogP contribution in [0.5, 0.6) is 0 Å². The van der Waals surface area contributed by atoms with E-state index in [-0.39, 0.29) is 31.9 Å². The van der Waals surface area contributed by atoms with Gasteiger partial charge in [0, 0.05) is 32.2 Å². The minimum atomic E-state index is -4.73. The maximum Gasteiger partial charge on any atom is 0.416 e. The molecule has 0 amide bonds. The second kappa shape index (κ2) is 7.59. The van der Waals surface area contributed by atoms with Crippen LogP contribution in [0.15, 0.2) is 47.4 Å². The van der Waals surface area contributed by atoms with Crippen molar-refractivity contribution in [1.29, 1.82) is 0 Å². The highest BCUT2D eigenvalue weighted by Gasteiger charge is 2.35. The number of nitro benzene ring substituents is 1. The van der Waals surface area contributed by atoms with E-state index in [9.17, 15) is 36.1 Å². The molecule has 156 valence electrons. The van der Waals surface area contributed by atoms with Gasteiger partial charge >= 0.3 is 6.18 Å². The first-order valence-corrected chi connectivity index (χ1v) is 9.81. The second-order valence-electron chi connectivity index (χ2n) is 6.28. The highest BCUT2D eigenvalue weighted by molar-refractivity contribution is 7.89. The lowest BCUT2D eigenvalue weighted by Gasteiger charge is -2.35. The molecular weight excluding hydrogens is 418 g/mol. The van der Waals surface area contributed by atoms with Gasteiger partial charge in [-0.25, -0.2) is 12.8 Å². The molecule has 2 aromatic rings. The SMILES string of the molecule is O=[N+]([O-])c1cc(C(F)(F)F)ccc1N1CCN(S(=O)(=O)c2ccccc2F)CC1. The van der Waals surface area contributed by atoms with Crippen molar-refractivity contribution in [3.05, 3.63) is 64.0 Å². The largest absolute Gasteiger partial charge is 0.416 e. The van der Waals surface area contributed by atoms with Gasteiger partial charge < -0.3 is 4.90 Å². The van der Waals surface area contributed by atoms with Crippen LogP contribution in [0.1, 0.15) is 5.56 Å². The molecule has 29 heavy (non-hydrogen) atoms. The Morgan fingerprint density at radius 1 is 1.00 bits per heavy atom. The first kappa shape index (κ1) is 21.0. The number of nitrogens with zero attached hydrogens (tertiary/aromatic N) is 3. The molecule has 1 fully saturated rings. The van der Waals surface area contributed by atoms with Crippen LogP contribution in [0.3, 0.4) is 0 Å². The van der Waals surface area contributed by atoms with Crippen molar-refractivity contribution in [1.82, 2.24) is 4.31 Å². The number of anilines is 1. The molecule has 0 saturated carbocycles. The van der Waals surface area contributed by atoms with Gasteiger partial charge in [-0.2, -0.15) is 17.5 Å². The van der Waals surface area contributed by atoms with E-state index >= 15 is 0 Å². The third kappa shape index (κ3) is 4.17. The van der Waals surface area contributed by atoms with Crippen LogP contribution in [-0.4, -0.2) is 43.8 Å². The predicted molar refractivity (Wildman–Crippen MR) is 95.5 cm³/mol. The van der Waals surface area contributed by atoms with E-state index in [1.807, 2.05) is 0 Å². The number of hydrogen-bond donors (Lipinski definition) is 0. The topological polar surface area (TPSA) is 83.8 Å². The summed E-state index contributed by atoms with van der Waals surface area (Å²) in [6, 6.07) is 7.10. The summed E-state index contributed by atoms with van der Waals surface area (Å²) in [5, 5.41) is 11.3. The molecule has 7 nitrogen and oxygen atoms in total. The minimum Gasteiger partial charge on any atom is -0.363 e. The third-order valence-electron chi connectivity index (χ3n) is 4.53. The van der Waals surface area contributed by atoms with Crippen molar-refractivity contribution in [3.63, 3.8) is 0 Å². The Kier molecular flexibility index (Phi) is 5.50. The molecule has 0 aromatic heterocycles. The van der Waals surface area contributed by atoms with E-state index in [1.54, 1.807) is 0 Å². The Labute approximate surface area is 163 Å². The van der Waals surface area contributed by atoms with Crippen molar-refractivity contribution < 1.29 is 30.9 Å². The summed E-state index contributed by atoms with van der Waals surface area (Å²) in [6.45, 7) is -0.205. The lowest BCUT2D eigenvalue weighted by atomic mass is 10.1. The number of hydrogen-bond acceptors (Lipinski definition) is 5. The number of halogens is 4. The smallest absolute Gasteiger partial charge is 0.363 e. The van der Waals surface area contributed by atoms with Gasteiger partial charge in [0.25, 0.3) is 5.69 Å². The van der Waals surface area contributed by atoms with E-state index in [4.69, 9.17) is 0 Å². The number of nitro groups is 1. The van der Waals surface area contributed by atoms with E-state index < -0.39 is 43.1 Å². The van der Waals surface area contributed by atoms with E-state index in [0.717, 1.165) is 28.6 Å². The molecule has 0 spiro atoms. The van der Waals surface area contributed by atoms with Crippen molar-refractivity contribution in [2.45, 2.75) is 11.1 Å². The number of alkyl halides is 3. The molecule has 0 atom stereocenters. The number of piperazine rings is 1. The van der Waals surface area contributed by atoms with Crippen LogP contribution in [0, 0.1) is 15.9 Å². The van der Waals surface area contributed by atoms with E-state index in [2.05, 4.69) is 0 Å². The van der Waals surface area contributed by atoms with Gasteiger partial charge in [0.15, 0.2) is 0 Å². The van der Waals surface area contributed by atoms with Crippen LogP contribution < -0.4 is 4.90 Å². The molecule has 1 aliphatic rings. The molecule has 0 bridgehead atoms. The second-order valence-corrected chi connectivity index (χ2v) is 8.19. The van der Waals surface area contributed by atoms with Gasteiger partial charge in [-0.05, 0) is 24.3 Å². The van der Waals surface area contributed by atoms with Gasteiger partial charge in [-0.3, -0.25) is 10.1 Å². The molecule has 1 saturated heterocycles. The van der Waals surface area contributed by atoms with Crippen molar-refractivity contribution in [2.24, 2.45) is 0 Å². The average molecular weight is 433 g/mol. The maximum atomic E-state index is 13.9. The van der Waals surface area contributed by atoms with Crippen LogP contribution in [0.25, 0.3) is 0 Å². The fourth-order valence-corrected chi connectivity index (χ4v) is 4.56. The summed E-state index contributed by atoms with van der Waals surface area (Å²) in [7, 11) is -4.10. The molecule has 0 unspecified atom stereocenters. The van der Waals surface area contributed by atoms with Crippen LogP contribution >= 0.6 is 0 Å². The zero-order valence-electron chi connectivity index (χ0n) is 14.8. The lowest BCUT2D eigenvalue weighted by molar-refractivity contribution is -0.384. The molecular formula is C17H15F4N3O4S. The fourth-order valence-electron chi connectivity index (χ4n) is 3.08. The van der Waals surface area contributed by atoms with Crippen molar-refractivity contribution in [2.75, 3.05) is 31.1 Å². The standard InChI is InChI=1S/C17H15F4N3O4S/c18-13-3-1-2-4-16(13)29(27,28)23-9-7-22(8-10-23)14-6-5-12(17(19,20)21)11-15(14)24(25)26/h1-6,11H,7-10H2. The summed E-state index contributed by atoms with van der Waals surface area (Å²) < 4.78 is 78.7. The lowest BCUT2D eigenvalue weighted by Crippen LogP contribution is -2.49. The minimum absolute atomic E-state index is 0.000112. The van der Waals surface area contributed by atoms with Crippen LogP contribution in [0.2, 0.25) is 0 Å². The number of benzene rings is 2. The highest BCUT2D eigenvalue weighted by Crippen LogP contribution is 2.37. The Balaban J connectivity index is 1.82. The fraction of sp³-hybridized carbons (Fsp3) is 0.294. The van der Waals surface area contributed by atoms with Gasteiger partial charge in [0.05, 0.1) is 10.5 Å². The zero-order chi connectivity index (χ0) is 21.4. The molecule has 12 heteroatoms. The average Bonchev–Trinajstić information content (AvgIpc) is 2.67. The third-order valence-corrected chi connectivity index (χ3v) is 6.47. The molecule has 1 aliphatic heterocycles. The van der Waals surface area contributed by atoms with Crippen molar-refractivity contribution >= 4 is 21.4 Å². The quantitative estimate of drug-likeness (QED) is 0.420.